The van der Waals surface area contributed by atoms with E-state index in [1.807, 2.05) is 61.5 Å². The first-order valence-corrected chi connectivity index (χ1v) is 11.4. The molecule has 0 bridgehead atoms. The van der Waals surface area contributed by atoms with Crippen LogP contribution in [0.5, 0.6) is 0 Å². The predicted octanol–water partition coefficient (Wildman–Crippen LogP) is 4.88. The van der Waals surface area contributed by atoms with Gasteiger partial charge in [-0.25, -0.2) is 13.1 Å². The molecule has 0 saturated heterocycles. The smallest absolute Gasteiger partial charge is 0.255 e. The number of carbonyl (C=O) groups is 1. The van der Waals surface area contributed by atoms with Crippen molar-refractivity contribution in [3.63, 3.8) is 0 Å². The lowest BCUT2D eigenvalue weighted by atomic mass is 10.1. The maximum absolute atomic E-state index is 13.0. The second-order valence-corrected chi connectivity index (χ2v) is 8.97. The Morgan fingerprint density at radius 3 is 2.16 bits per heavy atom. The standard InChI is InChI=1S/C25H22N2O3S/c1-18-9-5-6-12-20(18)25(28)27-23-15-16-24(22-14-8-7-13-21(22)23)31(29,30)26-17-19-10-3-2-4-11-19/h2-16,26H,17H2,1H3,(H,27,28). The van der Waals surface area contributed by atoms with E-state index in [0.717, 1.165) is 11.1 Å². The van der Waals surface area contributed by atoms with E-state index in [1.165, 1.54) is 6.07 Å². The molecule has 0 aliphatic rings. The quantitative estimate of drug-likeness (QED) is 0.458. The molecule has 4 aromatic carbocycles. The van der Waals surface area contributed by atoms with E-state index in [1.54, 1.807) is 30.3 Å². The second-order valence-electron chi connectivity index (χ2n) is 7.24. The monoisotopic (exact) mass is 430 g/mol. The van der Waals surface area contributed by atoms with Crippen molar-refractivity contribution in [2.24, 2.45) is 0 Å². The number of aryl methyl sites for hydroxylation is 1. The summed E-state index contributed by atoms with van der Waals surface area (Å²) in [6, 6.07) is 27.0. The fraction of sp³-hybridized carbons (Fsp3) is 0.0800. The Morgan fingerprint density at radius 1 is 0.774 bits per heavy atom. The second kappa shape index (κ2) is 8.71. The molecule has 0 aliphatic heterocycles. The Balaban J connectivity index is 1.67. The lowest BCUT2D eigenvalue weighted by molar-refractivity contribution is 0.102. The number of nitrogens with one attached hydrogen (secondary N) is 2. The molecule has 0 atom stereocenters. The number of fused-ring (bicyclic) bond motifs is 1. The van der Waals surface area contributed by atoms with Crippen LogP contribution in [0.1, 0.15) is 21.5 Å². The Kier molecular flexibility index (Phi) is 5.84. The molecule has 0 heterocycles. The molecule has 0 aromatic heterocycles. The number of benzene rings is 4. The van der Waals surface area contributed by atoms with E-state index in [4.69, 9.17) is 0 Å². The summed E-state index contributed by atoms with van der Waals surface area (Å²) in [5.41, 5.74) is 2.88. The van der Waals surface area contributed by atoms with Crippen LogP contribution in [0.25, 0.3) is 10.8 Å². The molecule has 4 aromatic rings. The summed E-state index contributed by atoms with van der Waals surface area (Å²) in [5.74, 6) is -0.235. The highest BCUT2D eigenvalue weighted by atomic mass is 32.2. The van der Waals surface area contributed by atoms with Crippen LogP contribution in [0.2, 0.25) is 0 Å². The minimum Gasteiger partial charge on any atom is -0.321 e. The number of amides is 1. The molecule has 0 unspecified atom stereocenters. The highest BCUT2D eigenvalue weighted by Crippen LogP contribution is 2.30. The number of hydrogen-bond acceptors (Lipinski definition) is 3. The van der Waals surface area contributed by atoms with Gasteiger partial charge in [-0.1, -0.05) is 72.8 Å². The predicted molar refractivity (Wildman–Crippen MR) is 124 cm³/mol. The molecule has 4 rings (SSSR count). The summed E-state index contributed by atoms with van der Waals surface area (Å²) in [6.07, 6.45) is 0. The van der Waals surface area contributed by atoms with Crippen molar-refractivity contribution < 1.29 is 13.2 Å². The third-order valence-corrected chi connectivity index (χ3v) is 6.58. The van der Waals surface area contributed by atoms with Gasteiger partial charge in [-0.2, -0.15) is 0 Å². The first-order valence-electron chi connectivity index (χ1n) is 9.88. The number of rotatable bonds is 6. The maximum atomic E-state index is 13.0. The minimum absolute atomic E-state index is 0.174. The first-order chi connectivity index (χ1) is 15.0. The minimum atomic E-state index is -3.75. The van der Waals surface area contributed by atoms with Gasteiger partial charge in [-0.15, -0.1) is 0 Å². The molecular weight excluding hydrogens is 408 g/mol. The van der Waals surface area contributed by atoms with Crippen LogP contribution in [-0.4, -0.2) is 14.3 Å². The van der Waals surface area contributed by atoms with Gasteiger partial charge in [0, 0.05) is 28.6 Å². The van der Waals surface area contributed by atoms with Crippen molar-refractivity contribution in [3.8, 4) is 0 Å². The number of sulfonamides is 1. The van der Waals surface area contributed by atoms with Crippen molar-refractivity contribution in [1.82, 2.24) is 4.72 Å². The molecule has 5 nitrogen and oxygen atoms in total. The summed E-state index contributed by atoms with van der Waals surface area (Å²) in [5, 5.41) is 4.13. The number of hydrogen-bond donors (Lipinski definition) is 2. The molecule has 156 valence electrons. The molecular formula is C25H22N2O3S. The van der Waals surface area contributed by atoms with Crippen LogP contribution in [0.4, 0.5) is 5.69 Å². The van der Waals surface area contributed by atoms with Crippen LogP contribution in [0, 0.1) is 6.92 Å². The SMILES string of the molecule is Cc1ccccc1C(=O)Nc1ccc(S(=O)(=O)NCc2ccccc2)c2ccccc12. The highest BCUT2D eigenvalue weighted by molar-refractivity contribution is 7.89. The van der Waals surface area contributed by atoms with Crippen molar-refractivity contribution in [2.75, 3.05) is 5.32 Å². The summed E-state index contributed by atoms with van der Waals surface area (Å²) >= 11 is 0. The number of carbonyl (C=O) groups excluding carboxylic acids is 1. The van der Waals surface area contributed by atoms with Gasteiger partial charge in [0.25, 0.3) is 5.91 Å². The van der Waals surface area contributed by atoms with Gasteiger partial charge in [0.15, 0.2) is 0 Å². The highest BCUT2D eigenvalue weighted by Gasteiger charge is 2.19. The van der Waals surface area contributed by atoms with E-state index >= 15 is 0 Å². The Bertz CT molecular complexity index is 1350. The van der Waals surface area contributed by atoms with Crippen LogP contribution in [0.15, 0.2) is 95.9 Å². The van der Waals surface area contributed by atoms with Crippen molar-refractivity contribution >= 4 is 32.4 Å². The molecule has 6 heteroatoms. The zero-order chi connectivity index (χ0) is 21.8. The molecule has 0 spiro atoms. The molecule has 31 heavy (non-hydrogen) atoms. The number of anilines is 1. The first kappa shape index (κ1) is 20.8. The van der Waals surface area contributed by atoms with Gasteiger partial charge in [-0.3, -0.25) is 4.79 Å². The van der Waals surface area contributed by atoms with Gasteiger partial charge in [0.2, 0.25) is 10.0 Å². The van der Waals surface area contributed by atoms with E-state index < -0.39 is 10.0 Å². The average molecular weight is 431 g/mol. The van der Waals surface area contributed by atoms with E-state index in [2.05, 4.69) is 10.0 Å². The lowest BCUT2D eigenvalue weighted by Crippen LogP contribution is -2.23. The molecule has 0 fully saturated rings. The zero-order valence-electron chi connectivity index (χ0n) is 17.0. The van der Waals surface area contributed by atoms with Crippen LogP contribution in [0.3, 0.4) is 0 Å². The van der Waals surface area contributed by atoms with Gasteiger partial charge >= 0.3 is 0 Å². The van der Waals surface area contributed by atoms with Crippen molar-refractivity contribution in [2.45, 2.75) is 18.4 Å². The summed E-state index contributed by atoms with van der Waals surface area (Å²) in [6.45, 7) is 2.07. The Hall–Kier alpha value is -3.48. The zero-order valence-corrected chi connectivity index (χ0v) is 17.8. The topological polar surface area (TPSA) is 75.3 Å². The normalized spacial score (nSPS) is 11.4. The molecule has 0 aliphatic carbocycles. The summed E-state index contributed by atoms with van der Waals surface area (Å²) in [4.78, 5) is 13.0. The van der Waals surface area contributed by atoms with E-state index in [0.29, 0.717) is 22.0 Å². The Labute approximate surface area is 181 Å². The van der Waals surface area contributed by atoms with Crippen molar-refractivity contribution in [1.29, 1.82) is 0 Å². The van der Waals surface area contributed by atoms with Crippen molar-refractivity contribution in [3.05, 3.63) is 108 Å². The van der Waals surface area contributed by atoms with Crippen LogP contribution in [-0.2, 0) is 16.6 Å². The molecule has 1 amide bonds. The fourth-order valence-electron chi connectivity index (χ4n) is 3.48. The van der Waals surface area contributed by atoms with Crippen LogP contribution >= 0.6 is 0 Å². The van der Waals surface area contributed by atoms with Crippen LogP contribution < -0.4 is 10.0 Å². The molecule has 2 N–H and O–H groups in total. The molecule has 0 saturated carbocycles. The van der Waals surface area contributed by atoms with Gasteiger partial charge in [-0.05, 0) is 36.2 Å². The lowest BCUT2D eigenvalue weighted by Gasteiger charge is -2.14. The van der Waals surface area contributed by atoms with Gasteiger partial charge in [0.05, 0.1) is 4.90 Å². The van der Waals surface area contributed by atoms with E-state index in [-0.39, 0.29) is 17.3 Å². The molecule has 0 radical (unpaired) electrons. The third kappa shape index (κ3) is 4.50. The van der Waals surface area contributed by atoms with Gasteiger partial charge < -0.3 is 5.32 Å². The summed E-state index contributed by atoms with van der Waals surface area (Å²) < 4.78 is 28.7. The summed E-state index contributed by atoms with van der Waals surface area (Å²) in [7, 11) is -3.75. The fourth-order valence-corrected chi connectivity index (χ4v) is 4.71. The third-order valence-electron chi connectivity index (χ3n) is 5.12. The average Bonchev–Trinajstić information content (AvgIpc) is 2.79. The van der Waals surface area contributed by atoms with E-state index in [9.17, 15) is 13.2 Å². The van der Waals surface area contributed by atoms with Gasteiger partial charge in [0.1, 0.15) is 0 Å². The maximum Gasteiger partial charge on any atom is 0.255 e. The largest absolute Gasteiger partial charge is 0.321 e. The Morgan fingerprint density at radius 2 is 1.42 bits per heavy atom.